The molecule has 0 spiro atoms. The van der Waals surface area contributed by atoms with E-state index >= 15 is 0 Å². The maximum absolute atomic E-state index is 10.9. The number of carbonyl (C=O) groups excluding carboxylic acids is 2. The summed E-state index contributed by atoms with van der Waals surface area (Å²) >= 11 is 0. The minimum Gasteiger partial charge on any atom is -0.507 e. The molecule has 1 aromatic rings. The summed E-state index contributed by atoms with van der Waals surface area (Å²) in [6.45, 7) is 5.29. The zero-order chi connectivity index (χ0) is 16.6. The number of carboxylic acids is 1. The lowest BCUT2D eigenvalue weighted by Crippen LogP contribution is -2.15. The van der Waals surface area contributed by atoms with E-state index in [0.29, 0.717) is 0 Å². The number of phenolic OH excluding ortho intramolecular Hbond substituents is 1. The quantitative estimate of drug-likeness (QED) is 0.647. The van der Waals surface area contributed by atoms with Gasteiger partial charge < -0.3 is 19.7 Å². The normalized spacial score (nSPS) is 9.38. The largest absolute Gasteiger partial charge is 0.507 e. The summed E-state index contributed by atoms with van der Waals surface area (Å²) in [6, 6.07) is 4.73. The van der Waals surface area contributed by atoms with Crippen LogP contribution in [0.15, 0.2) is 18.2 Å². The van der Waals surface area contributed by atoms with E-state index < -0.39 is 24.2 Å². The van der Waals surface area contributed by atoms with Gasteiger partial charge in [-0.2, -0.15) is 0 Å². The molecular formula is C14H18O7. The number of aliphatic carboxylic acids is 1. The highest BCUT2D eigenvalue weighted by Crippen LogP contribution is 2.29. The molecule has 0 saturated heterocycles. The van der Waals surface area contributed by atoms with E-state index in [1.807, 2.05) is 6.92 Å². The number of carboxylic acid groups (broad SMARTS) is 1. The first-order valence-electron chi connectivity index (χ1n) is 5.97. The van der Waals surface area contributed by atoms with Crippen LogP contribution < -0.4 is 0 Å². The van der Waals surface area contributed by atoms with Gasteiger partial charge in [-0.05, 0) is 19.1 Å². The first-order chi connectivity index (χ1) is 9.63. The van der Waals surface area contributed by atoms with Gasteiger partial charge in [-0.25, -0.2) is 0 Å². The molecule has 0 radical (unpaired) electrons. The van der Waals surface area contributed by atoms with Crippen LogP contribution in [0.4, 0.5) is 0 Å². The number of aryl methyl sites for hydroxylation is 1. The van der Waals surface area contributed by atoms with E-state index in [1.54, 1.807) is 12.1 Å². The first-order valence-corrected chi connectivity index (χ1v) is 5.97. The Morgan fingerprint density at radius 1 is 1.05 bits per heavy atom. The number of phenols is 1. The Kier molecular flexibility index (Phi) is 7.52. The van der Waals surface area contributed by atoms with E-state index in [-0.39, 0.29) is 11.3 Å². The van der Waals surface area contributed by atoms with E-state index in [0.717, 1.165) is 12.5 Å². The topological polar surface area (TPSA) is 110 Å². The third-order valence-electron chi connectivity index (χ3n) is 1.98. The molecule has 0 unspecified atom stereocenters. The number of ether oxygens (including phenoxy) is 2. The van der Waals surface area contributed by atoms with E-state index in [2.05, 4.69) is 0 Å². The van der Waals surface area contributed by atoms with Gasteiger partial charge in [0.05, 0.1) is 5.56 Å². The third kappa shape index (κ3) is 8.25. The fourth-order valence-corrected chi connectivity index (χ4v) is 1.32. The minimum absolute atomic E-state index is 0.0944. The molecule has 0 aliphatic heterocycles. The SMILES string of the molecule is CC(=O)O.CC(=O)OC(OC(C)=O)c1cc(C)ccc1O. The number of esters is 2. The Labute approximate surface area is 122 Å². The number of rotatable bonds is 3. The van der Waals surface area contributed by atoms with Gasteiger partial charge in [-0.1, -0.05) is 11.6 Å². The van der Waals surface area contributed by atoms with Crippen LogP contribution >= 0.6 is 0 Å². The molecule has 0 aliphatic carbocycles. The zero-order valence-corrected chi connectivity index (χ0v) is 12.2. The molecule has 1 rings (SSSR count). The predicted molar refractivity (Wildman–Crippen MR) is 72.4 cm³/mol. The summed E-state index contributed by atoms with van der Waals surface area (Å²) in [6.07, 6.45) is -1.22. The highest BCUT2D eigenvalue weighted by Gasteiger charge is 2.21. The van der Waals surface area contributed by atoms with Crippen molar-refractivity contribution in [2.75, 3.05) is 0 Å². The van der Waals surface area contributed by atoms with Crippen molar-refractivity contribution in [3.05, 3.63) is 29.3 Å². The van der Waals surface area contributed by atoms with E-state index in [4.69, 9.17) is 19.4 Å². The van der Waals surface area contributed by atoms with Gasteiger partial charge in [0, 0.05) is 20.8 Å². The first kappa shape index (κ1) is 18.4. The molecule has 0 heterocycles. The van der Waals surface area contributed by atoms with Crippen molar-refractivity contribution >= 4 is 17.9 Å². The lowest BCUT2D eigenvalue weighted by molar-refractivity contribution is -0.186. The average molecular weight is 298 g/mol. The average Bonchev–Trinajstić information content (AvgIpc) is 2.29. The second-order valence-electron chi connectivity index (χ2n) is 4.13. The van der Waals surface area contributed by atoms with Crippen LogP contribution in [0.5, 0.6) is 5.75 Å². The van der Waals surface area contributed by atoms with E-state index in [1.165, 1.54) is 19.9 Å². The molecule has 0 fully saturated rings. The van der Waals surface area contributed by atoms with Crippen LogP contribution in [-0.2, 0) is 23.9 Å². The summed E-state index contributed by atoms with van der Waals surface area (Å²) in [7, 11) is 0. The minimum atomic E-state index is -1.22. The summed E-state index contributed by atoms with van der Waals surface area (Å²) < 4.78 is 9.68. The van der Waals surface area contributed by atoms with Crippen LogP contribution in [-0.4, -0.2) is 28.1 Å². The molecule has 0 aliphatic rings. The monoisotopic (exact) mass is 298 g/mol. The molecule has 0 atom stereocenters. The molecule has 7 nitrogen and oxygen atoms in total. The summed E-state index contributed by atoms with van der Waals surface area (Å²) in [5.41, 5.74) is 1.09. The highest BCUT2D eigenvalue weighted by molar-refractivity contribution is 5.68. The predicted octanol–water partition coefficient (Wildman–Crippen LogP) is 1.92. The van der Waals surface area contributed by atoms with Crippen LogP contribution in [0.1, 0.15) is 38.2 Å². The maximum atomic E-state index is 10.9. The zero-order valence-electron chi connectivity index (χ0n) is 12.2. The van der Waals surface area contributed by atoms with Crippen molar-refractivity contribution in [2.45, 2.75) is 34.0 Å². The van der Waals surface area contributed by atoms with Crippen molar-refractivity contribution in [3.63, 3.8) is 0 Å². The number of benzene rings is 1. The fraction of sp³-hybridized carbons (Fsp3) is 0.357. The molecule has 1 aromatic carbocycles. The van der Waals surface area contributed by atoms with Crippen molar-refractivity contribution < 1.29 is 34.1 Å². The Bertz CT molecular complexity index is 502. The van der Waals surface area contributed by atoms with Crippen LogP contribution in [0.2, 0.25) is 0 Å². The van der Waals surface area contributed by atoms with Crippen molar-refractivity contribution in [1.82, 2.24) is 0 Å². The van der Waals surface area contributed by atoms with Gasteiger partial charge in [-0.3, -0.25) is 14.4 Å². The molecule has 2 N–H and O–H groups in total. The van der Waals surface area contributed by atoms with E-state index in [9.17, 15) is 14.7 Å². The Morgan fingerprint density at radius 2 is 1.48 bits per heavy atom. The molecule has 0 amide bonds. The lowest BCUT2D eigenvalue weighted by Gasteiger charge is -2.18. The van der Waals surface area contributed by atoms with Crippen molar-refractivity contribution in [3.8, 4) is 5.75 Å². The second-order valence-corrected chi connectivity index (χ2v) is 4.13. The molecule has 116 valence electrons. The summed E-state index contributed by atoms with van der Waals surface area (Å²) in [5, 5.41) is 17.1. The smallest absolute Gasteiger partial charge is 0.305 e. The van der Waals surface area contributed by atoms with Gasteiger partial charge in [0.15, 0.2) is 0 Å². The van der Waals surface area contributed by atoms with Gasteiger partial charge in [0.25, 0.3) is 12.3 Å². The second kappa shape index (κ2) is 8.57. The number of aromatic hydroxyl groups is 1. The molecule has 0 aromatic heterocycles. The Hall–Kier alpha value is -2.57. The molecule has 7 heteroatoms. The Morgan fingerprint density at radius 3 is 1.86 bits per heavy atom. The van der Waals surface area contributed by atoms with Gasteiger partial charge in [0.2, 0.25) is 0 Å². The standard InChI is InChI=1S/C12H14O5.C2H4O2/c1-7-4-5-11(15)10(6-7)12(16-8(2)13)17-9(3)14;1-2(3)4/h4-6,12,15H,1-3H3;1H3,(H,3,4). The van der Waals surface area contributed by atoms with Gasteiger partial charge in [0.1, 0.15) is 5.75 Å². The summed E-state index contributed by atoms with van der Waals surface area (Å²) in [4.78, 5) is 30.8. The van der Waals surface area contributed by atoms with Crippen molar-refractivity contribution in [1.29, 1.82) is 0 Å². The molecule has 21 heavy (non-hydrogen) atoms. The van der Waals surface area contributed by atoms with Crippen LogP contribution in [0, 0.1) is 6.92 Å². The molecule has 0 saturated carbocycles. The van der Waals surface area contributed by atoms with Crippen LogP contribution in [0.25, 0.3) is 0 Å². The Balaban J connectivity index is 0.000000885. The third-order valence-corrected chi connectivity index (χ3v) is 1.98. The fourth-order valence-electron chi connectivity index (χ4n) is 1.32. The van der Waals surface area contributed by atoms with Crippen molar-refractivity contribution in [2.24, 2.45) is 0 Å². The summed E-state index contributed by atoms with van der Waals surface area (Å²) in [5.74, 6) is -2.13. The molecule has 0 bridgehead atoms. The number of hydrogen-bond donors (Lipinski definition) is 2. The number of hydrogen-bond acceptors (Lipinski definition) is 6. The van der Waals surface area contributed by atoms with Gasteiger partial charge in [-0.15, -0.1) is 0 Å². The maximum Gasteiger partial charge on any atom is 0.305 e. The van der Waals surface area contributed by atoms with Crippen LogP contribution in [0.3, 0.4) is 0 Å². The lowest BCUT2D eigenvalue weighted by atomic mass is 10.1. The highest BCUT2D eigenvalue weighted by atomic mass is 16.7. The number of carbonyl (C=O) groups is 3. The molecular weight excluding hydrogens is 280 g/mol. The van der Waals surface area contributed by atoms with Gasteiger partial charge >= 0.3 is 11.9 Å².